The van der Waals surface area contributed by atoms with Crippen LogP contribution >= 0.6 is 8.58 Å². The molecule has 3 aliphatic heterocycles. The summed E-state index contributed by atoms with van der Waals surface area (Å²) >= 11 is 0. The Morgan fingerprint density at radius 2 is 1.07 bits per heavy atom. The Morgan fingerprint density at radius 3 is 1.53 bits per heavy atom. The fourth-order valence-electron chi connectivity index (χ4n) is 3.49. The van der Waals surface area contributed by atoms with Gasteiger partial charge in [0.05, 0.1) is 5.70 Å². The average Bonchev–Trinajstić information content (AvgIpc) is 3.62. The van der Waals surface area contributed by atoms with Crippen LogP contribution in [0.2, 0.25) is 0 Å². The molecule has 30 heavy (non-hydrogen) atoms. The molecular formula is C24H24N3O2P. The lowest BCUT2D eigenvalue weighted by Gasteiger charge is -2.21. The summed E-state index contributed by atoms with van der Waals surface area (Å²) in [7, 11) is 0.777. The minimum Gasteiger partial charge on any atom is -0.365 e. The van der Waals surface area contributed by atoms with Crippen LogP contribution in [0.4, 0.5) is 0 Å². The van der Waals surface area contributed by atoms with Crippen molar-refractivity contribution in [2.75, 3.05) is 39.3 Å². The van der Waals surface area contributed by atoms with E-state index in [0.717, 1.165) is 47.8 Å². The van der Waals surface area contributed by atoms with Crippen molar-refractivity contribution in [2.45, 2.75) is 0 Å². The van der Waals surface area contributed by atoms with Crippen molar-refractivity contribution in [3.05, 3.63) is 83.8 Å². The van der Waals surface area contributed by atoms with Gasteiger partial charge in [0.1, 0.15) is 11.4 Å². The van der Waals surface area contributed by atoms with E-state index in [0.29, 0.717) is 17.1 Å². The summed E-state index contributed by atoms with van der Waals surface area (Å²) in [6.45, 7) is 5.41. The molecule has 1 aliphatic carbocycles. The fraction of sp³-hybridized carbons (Fsp3) is 0.250. The molecule has 0 aromatic heterocycles. The van der Waals surface area contributed by atoms with Gasteiger partial charge in [-0.15, -0.1) is 0 Å². The van der Waals surface area contributed by atoms with E-state index in [1.54, 1.807) is 0 Å². The SMILES string of the molecule is O=C1C=C(N2CC2)C(=O)C(N2CC2)=C1N1CC1.c1ccc(Pc2ccccc2)cc1. The summed E-state index contributed by atoms with van der Waals surface area (Å²) in [5, 5.41) is 2.79. The van der Waals surface area contributed by atoms with Gasteiger partial charge in [-0.3, -0.25) is 9.59 Å². The van der Waals surface area contributed by atoms with E-state index in [9.17, 15) is 9.59 Å². The number of hydrogen-bond acceptors (Lipinski definition) is 5. The number of hydrogen-bond donors (Lipinski definition) is 0. The Hall–Kier alpha value is -2.91. The molecule has 3 heterocycles. The predicted molar refractivity (Wildman–Crippen MR) is 120 cm³/mol. The van der Waals surface area contributed by atoms with Gasteiger partial charge in [0.2, 0.25) is 11.6 Å². The smallest absolute Gasteiger partial charge is 0.227 e. The summed E-state index contributed by atoms with van der Waals surface area (Å²) < 4.78 is 0. The van der Waals surface area contributed by atoms with E-state index in [1.807, 2.05) is 14.7 Å². The minimum atomic E-state index is 0.00546. The first-order chi connectivity index (χ1) is 14.7. The van der Waals surface area contributed by atoms with Crippen LogP contribution in [-0.4, -0.2) is 65.5 Å². The third-order valence-electron chi connectivity index (χ3n) is 5.32. The molecule has 0 radical (unpaired) electrons. The molecule has 4 aliphatic rings. The molecule has 3 saturated heterocycles. The molecule has 0 atom stereocenters. The normalized spacial score (nSPS) is 19.3. The quantitative estimate of drug-likeness (QED) is 0.419. The first kappa shape index (κ1) is 19.1. The number of benzene rings is 2. The number of ketones is 2. The van der Waals surface area contributed by atoms with Crippen LogP contribution in [0, 0.1) is 0 Å². The molecule has 0 amide bonds. The number of rotatable bonds is 5. The van der Waals surface area contributed by atoms with Gasteiger partial charge in [0.15, 0.2) is 0 Å². The van der Waals surface area contributed by atoms with Crippen LogP contribution in [0.15, 0.2) is 83.8 Å². The molecular weight excluding hydrogens is 393 g/mol. The first-order valence-electron chi connectivity index (χ1n) is 10.4. The van der Waals surface area contributed by atoms with Gasteiger partial charge >= 0.3 is 0 Å². The van der Waals surface area contributed by atoms with E-state index < -0.39 is 0 Å². The molecule has 0 unspecified atom stereocenters. The van der Waals surface area contributed by atoms with E-state index in [-0.39, 0.29) is 11.6 Å². The molecule has 6 heteroatoms. The Morgan fingerprint density at radius 1 is 0.600 bits per heavy atom. The highest BCUT2D eigenvalue weighted by atomic mass is 31.1. The van der Waals surface area contributed by atoms with E-state index in [4.69, 9.17) is 0 Å². The lowest BCUT2D eigenvalue weighted by molar-refractivity contribution is -0.117. The molecule has 0 N–H and O–H groups in total. The Kier molecular flexibility index (Phi) is 5.14. The monoisotopic (exact) mass is 417 g/mol. The summed E-state index contributed by atoms with van der Waals surface area (Å²) in [4.78, 5) is 30.5. The van der Waals surface area contributed by atoms with Crippen LogP contribution in [0.1, 0.15) is 0 Å². The molecule has 2 aromatic carbocycles. The van der Waals surface area contributed by atoms with Crippen molar-refractivity contribution in [3.63, 3.8) is 0 Å². The lowest BCUT2D eigenvalue weighted by atomic mass is 10.0. The van der Waals surface area contributed by atoms with Crippen molar-refractivity contribution >= 4 is 30.8 Å². The summed E-state index contributed by atoms with van der Waals surface area (Å²) in [5.41, 5.74) is 1.89. The highest BCUT2D eigenvalue weighted by Gasteiger charge is 2.43. The van der Waals surface area contributed by atoms with Crippen molar-refractivity contribution in [1.29, 1.82) is 0 Å². The van der Waals surface area contributed by atoms with Gasteiger partial charge in [-0.25, -0.2) is 0 Å². The molecule has 152 valence electrons. The van der Waals surface area contributed by atoms with Crippen LogP contribution in [0.5, 0.6) is 0 Å². The Labute approximate surface area is 178 Å². The third kappa shape index (κ3) is 4.31. The Bertz CT molecular complexity index is 983. The van der Waals surface area contributed by atoms with Crippen molar-refractivity contribution in [3.8, 4) is 0 Å². The zero-order valence-corrected chi connectivity index (χ0v) is 17.8. The first-order valence-corrected chi connectivity index (χ1v) is 11.4. The predicted octanol–water partition coefficient (Wildman–Crippen LogP) is 1.50. The second-order valence-corrected chi connectivity index (χ2v) is 9.14. The minimum absolute atomic E-state index is 0.00546. The maximum absolute atomic E-state index is 12.4. The topological polar surface area (TPSA) is 43.2 Å². The third-order valence-corrected chi connectivity index (χ3v) is 6.57. The largest absolute Gasteiger partial charge is 0.365 e. The number of nitrogens with zero attached hydrogens (tertiary/aromatic N) is 3. The number of Topliss-reactive ketones (excluding diaryl/α,β-unsaturated/α-hetero) is 1. The van der Waals surface area contributed by atoms with Crippen molar-refractivity contribution in [1.82, 2.24) is 14.7 Å². The van der Waals surface area contributed by atoms with Crippen LogP contribution < -0.4 is 10.6 Å². The number of carbonyl (C=O) groups excluding carboxylic acids is 2. The molecule has 2 aromatic rings. The zero-order valence-electron chi connectivity index (χ0n) is 16.8. The molecule has 5 nitrogen and oxygen atoms in total. The maximum atomic E-state index is 12.4. The number of allylic oxidation sites excluding steroid dienone is 1. The molecule has 0 saturated carbocycles. The molecule has 6 rings (SSSR count). The molecule has 0 bridgehead atoms. The standard InChI is InChI=1S/C12H13N3O2.C12H11P/c16-9-7-8(13-1-2-13)12(17)11(15-5-6-15)10(9)14-3-4-14;1-3-7-11(8-4-1)13-12-9-5-2-6-10-12/h7H,1-6H2;1-10,13H. The van der Waals surface area contributed by atoms with Crippen LogP contribution in [0.3, 0.4) is 0 Å². The van der Waals surface area contributed by atoms with Gasteiger partial charge in [-0.2, -0.15) is 0 Å². The average molecular weight is 417 g/mol. The van der Waals surface area contributed by atoms with Crippen molar-refractivity contribution in [2.24, 2.45) is 0 Å². The van der Waals surface area contributed by atoms with E-state index >= 15 is 0 Å². The second kappa shape index (κ2) is 8.08. The molecule has 3 fully saturated rings. The summed E-state index contributed by atoms with van der Waals surface area (Å²) in [6.07, 6.45) is 1.52. The van der Waals surface area contributed by atoms with Gasteiger partial charge in [-0.05, 0) is 10.6 Å². The van der Waals surface area contributed by atoms with Gasteiger partial charge < -0.3 is 14.7 Å². The van der Waals surface area contributed by atoms with Crippen LogP contribution in [-0.2, 0) is 9.59 Å². The van der Waals surface area contributed by atoms with Gasteiger partial charge in [0, 0.05) is 45.3 Å². The summed E-state index contributed by atoms with van der Waals surface area (Å²) in [6, 6.07) is 21.2. The lowest BCUT2D eigenvalue weighted by Crippen LogP contribution is -2.29. The van der Waals surface area contributed by atoms with Crippen LogP contribution in [0.25, 0.3) is 0 Å². The molecule has 0 spiro atoms. The number of carbonyl (C=O) groups is 2. The van der Waals surface area contributed by atoms with Gasteiger partial charge in [0.25, 0.3) is 0 Å². The van der Waals surface area contributed by atoms with Crippen molar-refractivity contribution < 1.29 is 9.59 Å². The Balaban J connectivity index is 0.000000134. The van der Waals surface area contributed by atoms with Gasteiger partial charge in [-0.1, -0.05) is 69.2 Å². The van der Waals surface area contributed by atoms with E-state index in [1.165, 1.54) is 16.7 Å². The fourth-order valence-corrected chi connectivity index (χ4v) is 4.54. The van der Waals surface area contributed by atoms with E-state index in [2.05, 4.69) is 60.7 Å². The highest BCUT2D eigenvalue weighted by molar-refractivity contribution is 7.55. The second-order valence-electron chi connectivity index (χ2n) is 7.74. The zero-order chi connectivity index (χ0) is 20.5. The summed E-state index contributed by atoms with van der Waals surface area (Å²) in [5.74, 6) is 0.0485. The highest BCUT2D eigenvalue weighted by Crippen LogP contribution is 2.33. The maximum Gasteiger partial charge on any atom is 0.227 e.